The van der Waals surface area contributed by atoms with Gasteiger partial charge in [-0.05, 0) is 31.2 Å². The number of esters is 1. The van der Waals surface area contributed by atoms with Gasteiger partial charge in [-0.2, -0.15) is 0 Å². The lowest BCUT2D eigenvalue weighted by Crippen LogP contribution is -2.09. The van der Waals surface area contributed by atoms with Crippen molar-refractivity contribution in [2.75, 3.05) is 12.4 Å². The molecule has 0 aliphatic carbocycles. The van der Waals surface area contributed by atoms with Crippen LogP contribution in [0.1, 0.15) is 16.1 Å². The molecule has 0 atom stereocenters. The van der Waals surface area contributed by atoms with Gasteiger partial charge in [0.15, 0.2) is 0 Å². The van der Waals surface area contributed by atoms with Gasteiger partial charge in [-0.15, -0.1) is 11.8 Å². The maximum atomic E-state index is 13.5. The molecule has 1 heterocycles. The van der Waals surface area contributed by atoms with Gasteiger partial charge in [0.2, 0.25) is 0 Å². The summed E-state index contributed by atoms with van der Waals surface area (Å²) in [5.74, 6) is -0.148. The van der Waals surface area contributed by atoms with Gasteiger partial charge < -0.3 is 4.74 Å². The lowest BCUT2D eigenvalue weighted by Gasteiger charge is -2.08. The normalized spacial score (nSPS) is 10.8. The molecular formula is C19H16FNO2S. The number of halogens is 1. The first-order valence-electron chi connectivity index (χ1n) is 7.56. The minimum absolute atomic E-state index is 0.216. The summed E-state index contributed by atoms with van der Waals surface area (Å²) in [5.41, 5.74) is 2.04. The summed E-state index contributed by atoms with van der Waals surface area (Å²) in [6.45, 7) is 2.06. The Morgan fingerprint density at radius 3 is 2.75 bits per heavy atom. The summed E-state index contributed by atoms with van der Waals surface area (Å²) < 4.78 is 18.9. The van der Waals surface area contributed by atoms with E-state index in [0.29, 0.717) is 16.2 Å². The number of benzene rings is 2. The molecule has 3 aromatic rings. The van der Waals surface area contributed by atoms with E-state index in [-0.39, 0.29) is 18.4 Å². The summed E-state index contributed by atoms with van der Waals surface area (Å²) in [6.07, 6.45) is 0. The highest BCUT2D eigenvalue weighted by molar-refractivity contribution is 7.99. The Labute approximate surface area is 143 Å². The predicted molar refractivity (Wildman–Crippen MR) is 93.9 cm³/mol. The second kappa shape index (κ2) is 7.45. The minimum atomic E-state index is -0.383. The van der Waals surface area contributed by atoms with E-state index in [1.54, 1.807) is 24.3 Å². The van der Waals surface area contributed by atoms with Gasteiger partial charge in [-0.25, -0.2) is 9.18 Å². The summed E-state index contributed by atoms with van der Waals surface area (Å²) >= 11 is 1.33. The van der Waals surface area contributed by atoms with E-state index in [4.69, 9.17) is 4.74 Å². The van der Waals surface area contributed by atoms with Gasteiger partial charge in [-0.1, -0.05) is 30.3 Å². The number of carbonyl (C=O) groups is 1. The number of nitrogens with zero attached hydrogens (tertiary/aromatic N) is 1. The van der Waals surface area contributed by atoms with Gasteiger partial charge >= 0.3 is 5.97 Å². The van der Waals surface area contributed by atoms with E-state index >= 15 is 0 Å². The number of aromatic nitrogens is 1. The molecule has 0 radical (unpaired) electrons. The smallest absolute Gasteiger partial charge is 0.338 e. The summed E-state index contributed by atoms with van der Waals surface area (Å²) in [6, 6.07) is 15.8. The predicted octanol–water partition coefficient (Wildman–Crippen LogP) is 4.63. The van der Waals surface area contributed by atoms with E-state index in [9.17, 15) is 9.18 Å². The van der Waals surface area contributed by atoms with Gasteiger partial charge in [0, 0.05) is 21.7 Å². The molecule has 0 fully saturated rings. The number of para-hydroxylation sites is 1. The Morgan fingerprint density at radius 1 is 1.17 bits per heavy atom. The molecular weight excluding hydrogens is 325 g/mol. The van der Waals surface area contributed by atoms with Crippen LogP contribution in [0.15, 0.2) is 59.5 Å². The van der Waals surface area contributed by atoms with Crippen molar-refractivity contribution in [1.29, 1.82) is 0 Å². The first-order valence-corrected chi connectivity index (χ1v) is 8.54. The van der Waals surface area contributed by atoms with Crippen molar-refractivity contribution in [3.63, 3.8) is 0 Å². The highest BCUT2D eigenvalue weighted by Gasteiger charge is 2.13. The van der Waals surface area contributed by atoms with Crippen molar-refractivity contribution in [3.8, 4) is 0 Å². The Hall–Kier alpha value is -2.40. The number of fused-ring (bicyclic) bond motifs is 1. The molecule has 0 aliphatic rings. The third kappa shape index (κ3) is 3.74. The molecule has 0 spiro atoms. The molecule has 0 amide bonds. The van der Waals surface area contributed by atoms with Gasteiger partial charge in [0.05, 0.1) is 11.1 Å². The second-order valence-corrected chi connectivity index (χ2v) is 6.38. The van der Waals surface area contributed by atoms with Crippen LogP contribution in [0.25, 0.3) is 10.9 Å². The number of aryl methyl sites for hydroxylation is 1. The van der Waals surface area contributed by atoms with Crippen LogP contribution in [-0.2, 0) is 4.74 Å². The fraction of sp³-hybridized carbons (Fsp3) is 0.158. The zero-order valence-corrected chi connectivity index (χ0v) is 14.0. The Bertz CT molecular complexity index is 882. The average molecular weight is 341 g/mol. The highest BCUT2D eigenvalue weighted by Crippen LogP contribution is 2.22. The Balaban J connectivity index is 1.65. The summed E-state index contributed by atoms with van der Waals surface area (Å²) in [4.78, 5) is 17.3. The van der Waals surface area contributed by atoms with Crippen LogP contribution < -0.4 is 0 Å². The molecule has 0 unspecified atom stereocenters. The van der Waals surface area contributed by atoms with E-state index in [2.05, 4.69) is 4.98 Å². The molecule has 3 rings (SSSR count). The fourth-order valence-electron chi connectivity index (χ4n) is 2.40. The highest BCUT2D eigenvalue weighted by atomic mass is 32.2. The SMILES string of the molecule is Cc1cc(C(=O)OCCSc2ccccc2F)c2ccccc2n1. The first-order chi connectivity index (χ1) is 11.6. The number of ether oxygens (including phenoxy) is 1. The summed E-state index contributed by atoms with van der Waals surface area (Å²) in [5, 5.41) is 0.773. The van der Waals surface area contributed by atoms with Crippen LogP contribution in [0.4, 0.5) is 4.39 Å². The number of carbonyl (C=O) groups excluding carboxylic acids is 1. The Morgan fingerprint density at radius 2 is 1.92 bits per heavy atom. The van der Waals surface area contributed by atoms with E-state index < -0.39 is 0 Å². The molecule has 0 bridgehead atoms. The molecule has 0 saturated heterocycles. The first kappa shape index (κ1) is 16.5. The number of rotatable bonds is 5. The van der Waals surface area contributed by atoms with Gasteiger partial charge in [0.1, 0.15) is 12.4 Å². The number of thioether (sulfide) groups is 1. The average Bonchev–Trinajstić information content (AvgIpc) is 2.59. The molecule has 122 valence electrons. The minimum Gasteiger partial charge on any atom is -0.461 e. The van der Waals surface area contributed by atoms with E-state index in [1.165, 1.54) is 17.8 Å². The van der Waals surface area contributed by atoms with Crippen molar-refractivity contribution >= 4 is 28.6 Å². The van der Waals surface area contributed by atoms with Gasteiger partial charge in [0.25, 0.3) is 0 Å². The lowest BCUT2D eigenvalue weighted by molar-refractivity contribution is 0.0532. The molecule has 1 aromatic heterocycles. The van der Waals surface area contributed by atoms with Gasteiger partial charge in [-0.3, -0.25) is 4.98 Å². The van der Waals surface area contributed by atoms with Crippen LogP contribution in [0.5, 0.6) is 0 Å². The van der Waals surface area contributed by atoms with Crippen LogP contribution in [0.2, 0.25) is 0 Å². The van der Waals surface area contributed by atoms with E-state index in [0.717, 1.165) is 16.6 Å². The third-order valence-corrected chi connectivity index (χ3v) is 4.49. The van der Waals surface area contributed by atoms with Crippen LogP contribution >= 0.6 is 11.8 Å². The second-order valence-electron chi connectivity index (χ2n) is 5.24. The maximum absolute atomic E-state index is 13.5. The number of hydrogen-bond donors (Lipinski definition) is 0. The van der Waals surface area contributed by atoms with Crippen LogP contribution in [-0.4, -0.2) is 23.3 Å². The van der Waals surface area contributed by atoms with Crippen molar-refractivity contribution in [2.45, 2.75) is 11.8 Å². The zero-order chi connectivity index (χ0) is 16.9. The number of hydrogen-bond acceptors (Lipinski definition) is 4. The Kier molecular flexibility index (Phi) is 5.11. The molecule has 0 N–H and O–H groups in total. The zero-order valence-electron chi connectivity index (χ0n) is 13.2. The maximum Gasteiger partial charge on any atom is 0.338 e. The van der Waals surface area contributed by atoms with Crippen LogP contribution in [0, 0.1) is 12.7 Å². The van der Waals surface area contributed by atoms with Crippen molar-refractivity contribution in [2.24, 2.45) is 0 Å². The molecule has 0 aliphatic heterocycles. The van der Waals surface area contributed by atoms with Crippen molar-refractivity contribution < 1.29 is 13.9 Å². The molecule has 5 heteroatoms. The fourth-order valence-corrected chi connectivity index (χ4v) is 3.17. The largest absolute Gasteiger partial charge is 0.461 e. The quantitative estimate of drug-likeness (QED) is 0.385. The van der Waals surface area contributed by atoms with Crippen LogP contribution in [0.3, 0.4) is 0 Å². The molecule has 2 aromatic carbocycles. The monoisotopic (exact) mass is 341 g/mol. The topological polar surface area (TPSA) is 39.2 Å². The molecule has 0 saturated carbocycles. The number of pyridine rings is 1. The third-order valence-electron chi connectivity index (χ3n) is 3.47. The standard InChI is InChI=1S/C19H16FNO2S/c1-13-12-15(14-6-2-4-8-17(14)21-13)19(22)23-10-11-24-18-9-5-3-7-16(18)20/h2-9,12H,10-11H2,1H3. The molecule has 3 nitrogen and oxygen atoms in total. The van der Waals surface area contributed by atoms with E-state index in [1.807, 2.05) is 31.2 Å². The lowest BCUT2D eigenvalue weighted by atomic mass is 10.1. The summed E-state index contributed by atoms with van der Waals surface area (Å²) in [7, 11) is 0. The van der Waals surface area contributed by atoms with Crippen molar-refractivity contribution in [1.82, 2.24) is 4.98 Å². The van der Waals surface area contributed by atoms with Crippen molar-refractivity contribution in [3.05, 3.63) is 71.7 Å². The molecule has 24 heavy (non-hydrogen) atoms.